The number of carbonyl (C=O) groups excluding carboxylic acids is 2. The number of alkyl halides is 3. The van der Waals surface area contributed by atoms with Crippen molar-refractivity contribution in [3.63, 3.8) is 0 Å². The number of hydrogen-bond acceptors (Lipinski definition) is 4. The van der Waals surface area contributed by atoms with Crippen molar-refractivity contribution in [2.24, 2.45) is 5.10 Å². The van der Waals surface area contributed by atoms with E-state index in [0.717, 1.165) is 29.1 Å². The lowest BCUT2D eigenvalue weighted by Crippen LogP contribution is -2.32. The summed E-state index contributed by atoms with van der Waals surface area (Å²) in [5.74, 6) is -2.06. The fourth-order valence-corrected chi connectivity index (χ4v) is 2.09. The summed E-state index contributed by atoms with van der Waals surface area (Å²) < 4.78 is 37.2. The number of amides is 2. The van der Waals surface area contributed by atoms with Gasteiger partial charge in [0.1, 0.15) is 0 Å². The van der Waals surface area contributed by atoms with Gasteiger partial charge in [0.25, 0.3) is 0 Å². The van der Waals surface area contributed by atoms with Gasteiger partial charge in [0.2, 0.25) is 0 Å². The monoisotopic (exact) mass is 341 g/mol. The Kier molecular flexibility index (Phi) is 5.12. The second-order valence-corrected chi connectivity index (χ2v) is 5.22. The van der Waals surface area contributed by atoms with Crippen LogP contribution in [-0.4, -0.2) is 18.0 Å². The standard InChI is InChI=1S/C14H10F3N3O2S/c15-14(16,17)9-3-5-10(6-4-9)19-12(21)13(22)20-18-8-11-2-1-7-23-11/h1-8H,(H,19,21)(H,20,22). The van der Waals surface area contributed by atoms with Crippen molar-refractivity contribution in [1.82, 2.24) is 5.43 Å². The number of anilines is 1. The molecule has 0 aliphatic carbocycles. The molecule has 0 saturated carbocycles. The molecule has 0 aliphatic rings. The average molecular weight is 341 g/mol. The lowest BCUT2D eigenvalue weighted by molar-refractivity contribution is -0.137. The van der Waals surface area contributed by atoms with Crippen LogP contribution < -0.4 is 10.7 Å². The molecule has 0 radical (unpaired) electrons. The van der Waals surface area contributed by atoms with Crippen molar-refractivity contribution in [3.05, 3.63) is 52.2 Å². The second kappa shape index (κ2) is 7.05. The zero-order chi connectivity index (χ0) is 16.9. The normalized spacial score (nSPS) is 11.4. The van der Waals surface area contributed by atoms with Crippen LogP contribution in [0.1, 0.15) is 10.4 Å². The Bertz CT molecular complexity index is 710. The maximum Gasteiger partial charge on any atom is 0.416 e. The Labute approximate surface area is 132 Å². The van der Waals surface area contributed by atoms with E-state index < -0.39 is 23.6 Å². The molecule has 9 heteroatoms. The number of nitrogens with zero attached hydrogens (tertiary/aromatic N) is 1. The summed E-state index contributed by atoms with van der Waals surface area (Å²) in [5.41, 5.74) is 1.24. The Hall–Kier alpha value is -2.68. The van der Waals surface area contributed by atoms with Gasteiger partial charge in [0.05, 0.1) is 11.8 Å². The van der Waals surface area contributed by atoms with Crippen molar-refractivity contribution in [2.45, 2.75) is 6.18 Å². The molecule has 2 aromatic rings. The van der Waals surface area contributed by atoms with Crippen molar-refractivity contribution in [3.8, 4) is 0 Å². The van der Waals surface area contributed by atoms with E-state index >= 15 is 0 Å². The number of hydrogen-bond donors (Lipinski definition) is 2. The molecule has 0 aliphatic heterocycles. The minimum atomic E-state index is -4.46. The second-order valence-electron chi connectivity index (χ2n) is 4.24. The van der Waals surface area contributed by atoms with Crippen LogP contribution in [0.5, 0.6) is 0 Å². The van der Waals surface area contributed by atoms with Crippen LogP contribution in [-0.2, 0) is 15.8 Å². The molecule has 0 saturated heterocycles. The van der Waals surface area contributed by atoms with E-state index in [4.69, 9.17) is 0 Å². The zero-order valence-electron chi connectivity index (χ0n) is 11.4. The van der Waals surface area contributed by atoms with Gasteiger partial charge in [-0.05, 0) is 35.7 Å². The summed E-state index contributed by atoms with van der Waals surface area (Å²) in [6, 6.07) is 7.30. The van der Waals surface area contributed by atoms with E-state index in [9.17, 15) is 22.8 Å². The third kappa shape index (κ3) is 4.92. The highest BCUT2D eigenvalue weighted by Crippen LogP contribution is 2.29. The Morgan fingerprint density at radius 2 is 1.78 bits per heavy atom. The highest BCUT2D eigenvalue weighted by molar-refractivity contribution is 7.11. The van der Waals surface area contributed by atoms with Gasteiger partial charge in [-0.25, -0.2) is 5.43 Å². The van der Waals surface area contributed by atoms with Crippen LogP contribution in [0.25, 0.3) is 0 Å². The maximum atomic E-state index is 12.4. The molecule has 120 valence electrons. The van der Waals surface area contributed by atoms with E-state index in [2.05, 4.69) is 10.4 Å². The van der Waals surface area contributed by atoms with Gasteiger partial charge in [0, 0.05) is 10.6 Å². The van der Waals surface area contributed by atoms with Crippen LogP contribution in [0.4, 0.5) is 18.9 Å². The van der Waals surface area contributed by atoms with E-state index in [1.54, 1.807) is 12.1 Å². The highest BCUT2D eigenvalue weighted by atomic mass is 32.1. The number of carbonyl (C=O) groups is 2. The third-order valence-corrected chi connectivity index (χ3v) is 3.38. The fourth-order valence-electron chi connectivity index (χ4n) is 1.50. The molecular weight excluding hydrogens is 331 g/mol. The molecule has 0 bridgehead atoms. The molecule has 1 aromatic heterocycles. The lowest BCUT2D eigenvalue weighted by Gasteiger charge is -2.08. The number of thiophene rings is 1. The summed E-state index contributed by atoms with van der Waals surface area (Å²) in [6.45, 7) is 0. The molecular formula is C14H10F3N3O2S. The molecule has 5 nitrogen and oxygen atoms in total. The number of rotatable bonds is 3. The first-order valence-corrected chi connectivity index (χ1v) is 7.09. The number of hydrazone groups is 1. The van der Waals surface area contributed by atoms with E-state index in [-0.39, 0.29) is 5.69 Å². The molecule has 2 N–H and O–H groups in total. The number of halogens is 3. The minimum absolute atomic E-state index is 0.0698. The molecule has 0 atom stereocenters. The predicted molar refractivity (Wildman–Crippen MR) is 80.1 cm³/mol. The first-order chi connectivity index (χ1) is 10.9. The summed E-state index contributed by atoms with van der Waals surface area (Å²) >= 11 is 1.40. The van der Waals surface area contributed by atoms with E-state index in [1.165, 1.54) is 17.6 Å². The molecule has 1 heterocycles. The summed E-state index contributed by atoms with van der Waals surface area (Å²) in [5, 5.41) is 7.59. The van der Waals surface area contributed by atoms with Gasteiger partial charge in [0.15, 0.2) is 0 Å². The first-order valence-electron chi connectivity index (χ1n) is 6.21. The molecule has 1 aromatic carbocycles. The van der Waals surface area contributed by atoms with Crippen LogP contribution in [0.2, 0.25) is 0 Å². The predicted octanol–water partition coefficient (Wildman–Crippen LogP) is 2.86. The van der Waals surface area contributed by atoms with Gasteiger partial charge in [-0.2, -0.15) is 18.3 Å². The van der Waals surface area contributed by atoms with Gasteiger partial charge in [-0.15, -0.1) is 11.3 Å². The first kappa shape index (κ1) is 16.7. The van der Waals surface area contributed by atoms with Gasteiger partial charge >= 0.3 is 18.0 Å². The molecule has 0 spiro atoms. The maximum absolute atomic E-state index is 12.4. The minimum Gasteiger partial charge on any atom is -0.318 e. The Morgan fingerprint density at radius 1 is 1.09 bits per heavy atom. The van der Waals surface area contributed by atoms with Crippen LogP contribution in [0.15, 0.2) is 46.9 Å². The quantitative estimate of drug-likeness (QED) is 0.512. The van der Waals surface area contributed by atoms with Gasteiger partial charge in [-0.1, -0.05) is 6.07 Å². The van der Waals surface area contributed by atoms with Crippen molar-refractivity contribution in [1.29, 1.82) is 0 Å². The molecule has 0 fully saturated rings. The zero-order valence-corrected chi connectivity index (χ0v) is 12.2. The largest absolute Gasteiger partial charge is 0.416 e. The smallest absolute Gasteiger partial charge is 0.318 e. The van der Waals surface area contributed by atoms with Crippen molar-refractivity contribution >= 4 is 35.1 Å². The Morgan fingerprint density at radius 3 is 2.35 bits per heavy atom. The lowest BCUT2D eigenvalue weighted by atomic mass is 10.2. The average Bonchev–Trinajstić information content (AvgIpc) is 3.00. The highest BCUT2D eigenvalue weighted by Gasteiger charge is 2.30. The molecule has 0 unspecified atom stereocenters. The van der Waals surface area contributed by atoms with Crippen LogP contribution in [0.3, 0.4) is 0 Å². The van der Waals surface area contributed by atoms with E-state index in [0.29, 0.717) is 0 Å². The number of benzene rings is 1. The van der Waals surface area contributed by atoms with E-state index in [1.807, 2.05) is 10.8 Å². The van der Waals surface area contributed by atoms with Crippen LogP contribution in [0, 0.1) is 0 Å². The Balaban J connectivity index is 1.89. The van der Waals surface area contributed by atoms with Crippen LogP contribution >= 0.6 is 11.3 Å². The molecule has 2 amide bonds. The number of nitrogens with one attached hydrogen (secondary N) is 2. The van der Waals surface area contributed by atoms with Crippen molar-refractivity contribution < 1.29 is 22.8 Å². The van der Waals surface area contributed by atoms with Gasteiger partial charge < -0.3 is 5.32 Å². The topological polar surface area (TPSA) is 70.6 Å². The van der Waals surface area contributed by atoms with Crippen molar-refractivity contribution in [2.75, 3.05) is 5.32 Å². The molecule has 2 rings (SSSR count). The fraction of sp³-hybridized carbons (Fsp3) is 0.0714. The van der Waals surface area contributed by atoms with Gasteiger partial charge in [-0.3, -0.25) is 9.59 Å². The summed E-state index contributed by atoms with van der Waals surface area (Å²) in [6.07, 6.45) is -3.09. The summed E-state index contributed by atoms with van der Waals surface area (Å²) in [7, 11) is 0. The SMILES string of the molecule is O=C(NN=Cc1cccs1)C(=O)Nc1ccc(C(F)(F)F)cc1. The third-order valence-electron chi connectivity index (χ3n) is 2.58. The molecule has 23 heavy (non-hydrogen) atoms. The summed E-state index contributed by atoms with van der Waals surface area (Å²) in [4.78, 5) is 23.8.